The molecule has 0 atom stereocenters. The first-order valence-corrected chi connectivity index (χ1v) is 6.64. The summed E-state index contributed by atoms with van der Waals surface area (Å²) in [6, 6.07) is 1.45. The summed E-state index contributed by atoms with van der Waals surface area (Å²) in [5.41, 5.74) is 1.97. The van der Waals surface area contributed by atoms with Crippen LogP contribution < -0.4 is 0 Å². The molecule has 1 amide bonds. The summed E-state index contributed by atoms with van der Waals surface area (Å²) in [5, 5.41) is 4.36. The summed E-state index contributed by atoms with van der Waals surface area (Å²) in [6.07, 6.45) is 1.36. The van der Waals surface area contributed by atoms with E-state index in [1.54, 1.807) is 7.05 Å². The largest absolute Gasteiger partial charge is 0.361 e. The van der Waals surface area contributed by atoms with Crippen LogP contribution >= 0.6 is 23.2 Å². The zero-order chi connectivity index (χ0) is 14.9. The first kappa shape index (κ1) is 14.8. The molecular weight excluding hydrogens is 301 g/mol. The molecule has 0 fully saturated rings. The minimum atomic E-state index is -0.237. The van der Waals surface area contributed by atoms with Crippen molar-refractivity contribution in [1.29, 1.82) is 0 Å². The Kier molecular flexibility index (Phi) is 4.30. The predicted octanol–water partition coefficient (Wildman–Crippen LogP) is 3.27. The summed E-state index contributed by atoms with van der Waals surface area (Å²) in [7, 11) is 1.68. The van der Waals surface area contributed by atoms with Gasteiger partial charge in [-0.15, -0.1) is 0 Å². The lowest BCUT2D eigenvalue weighted by molar-refractivity contribution is 0.0784. The van der Waals surface area contributed by atoms with E-state index in [1.165, 1.54) is 17.2 Å². The second kappa shape index (κ2) is 5.81. The van der Waals surface area contributed by atoms with Crippen molar-refractivity contribution in [2.75, 3.05) is 7.05 Å². The summed E-state index contributed by atoms with van der Waals surface area (Å²) in [5.74, 6) is 0.459. The molecule has 0 saturated heterocycles. The Balaban J connectivity index is 2.23. The second-order valence-electron chi connectivity index (χ2n) is 4.45. The Morgan fingerprint density at radius 3 is 2.70 bits per heavy atom. The molecule has 0 N–H and O–H groups in total. The number of halogens is 2. The van der Waals surface area contributed by atoms with E-state index in [-0.39, 0.29) is 16.1 Å². The van der Waals surface area contributed by atoms with E-state index >= 15 is 0 Å². The van der Waals surface area contributed by atoms with Crippen LogP contribution in [0.2, 0.25) is 10.2 Å². The number of hydrogen-bond acceptors (Lipinski definition) is 4. The van der Waals surface area contributed by atoms with Crippen molar-refractivity contribution in [1.82, 2.24) is 15.0 Å². The summed E-state index contributed by atoms with van der Waals surface area (Å²) in [6.45, 7) is 4.03. The fraction of sp³-hybridized carbons (Fsp3) is 0.308. The average molecular weight is 314 g/mol. The van der Waals surface area contributed by atoms with Gasteiger partial charge in [0.25, 0.3) is 5.91 Å². The lowest BCUT2D eigenvalue weighted by atomic mass is 10.1. The van der Waals surface area contributed by atoms with Crippen LogP contribution in [0.5, 0.6) is 0 Å². The van der Waals surface area contributed by atoms with Crippen LogP contribution in [0.3, 0.4) is 0 Å². The smallest absolute Gasteiger partial charge is 0.255 e. The normalized spacial score (nSPS) is 10.7. The second-order valence-corrected chi connectivity index (χ2v) is 5.25. The van der Waals surface area contributed by atoms with E-state index in [4.69, 9.17) is 27.7 Å². The number of pyridine rings is 1. The highest BCUT2D eigenvalue weighted by molar-refractivity contribution is 6.35. The monoisotopic (exact) mass is 313 g/mol. The van der Waals surface area contributed by atoms with Crippen LogP contribution in [-0.4, -0.2) is 28.0 Å². The Bertz CT molecular complexity index is 636. The maximum atomic E-state index is 12.4. The van der Waals surface area contributed by atoms with E-state index in [0.29, 0.717) is 17.9 Å². The zero-order valence-corrected chi connectivity index (χ0v) is 12.8. The molecule has 0 aliphatic heterocycles. The first-order chi connectivity index (χ1) is 9.40. The molecule has 0 aromatic carbocycles. The Morgan fingerprint density at radius 1 is 1.40 bits per heavy atom. The van der Waals surface area contributed by atoms with E-state index in [2.05, 4.69) is 10.1 Å². The van der Waals surface area contributed by atoms with Crippen molar-refractivity contribution in [3.63, 3.8) is 0 Å². The lowest BCUT2D eigenvalue weighted by Crippen LogP contribution is -2.27. The van der Waals surface area contributed by atoms with Crippen molar-refractivity contribution in [3.8, 4) is 0 Å². The molecule has 2 heterocycles. The number of aryl methyl sites for hydroxylation is 2. The fourth-order valence-electron chi connectivity index (χ4n) is 1.82. The molecule has 2 aromatic rings. The Morgan fingerprint density at radius 2 is 2.10 bits per heavy atom. The number of nitrogens with zero attached hydrogens (tertiary/aromatic N) is 3. The van der Waals surface area contributed by atoms with Crippen molar-refractivity contribution in [3.05, 3.63) is 45.0 Å². The van der Waals surface area contributed by atoms with Crippen molar-refractivity contribution < 1.29 is 9.32 Å². The molecule has 0 unspecified atom stereocenters. The van der Waals surface area contributed by atoms with Crippen molar-refractivity contribution in [2.45, 2.75) is 20.4 Å². The van der Waals surface area contributed by atoms with Crippen molar-refractivity contribution >= 4 is 29.1 Å². The molecule has 0 radical (unpaired) electrons. The van der Waals surface area contributed by atoms with Gasteiger partial charge in [0.2, 0.25) is 0 Å². The minimum absolute atomic E-state index is 0.225. The van der Waals surface area contributed by atoms with Gasteiger partial charge in [-0.05, 0) is 19.9 Å². The van der Waals surface area contributed by atoms with Crippen LogP contribution in [0, 0.1) is 13.8 Å². The molecule has 0 saturated carbocycles. The van der Waals surface area contributed by atoms with Crippen LogP contribution in [0.25, 0.3) is 0 Å². The van der Waals surface area contributed by atoms with E-state index in [1.807, 2.05) is 13.8 Å². The molecule has 5 nitrogen and oxygen atoms in total. The molecule has 20 heavy (non-hydrogen) atoms. The lowest BCUT2D eigenvalue weighted by Gasteiger charge is -2.17. The van der Waals surface area contributed by atoms with Crippen molar-refractivity contribution in [2.24, 2.45) is 0 Å². The number of amides is 1. The quantitative estimate of drug-likeness (QED) is 0.816. The number of hydrogen-bond donors (Lipinski definition) is 0. The molecule has 106 valence electrons. The number of carbonyl (C=O) groups excluding carboxylic acids is 1. The fourth-order valence-corrected chi connectivity index (χ4v) is 2.16. The van der Waals surface area contributed by atoms with Gasteiger partial charge in [0.1, 0.15) is 10.9 Å². The van der Waals surface area contributed by atoms with E-state index < -0.39 is 0 Å². The van der Waals surface area contributed by atoms with E-state index in [0.717, 1.165) is 11.3 Å². The Labute approximate surface area is 126 Å². The van der Waals surface area contributed by atoms with Crippen LogP contribution in [-0.2, 0) is 6.54 Å². The molecule has 2 aromatic heterocycles. The summed E-state index contributed by atoms with van der Waals surface area (Å²) < 4.78 is 5.08. The van der Waals surface area contributed by atoms with Crippen LogP contribution in [0.15, 0.2) is 16.8 Å². The molecule has 0 spiro atoms. The minimum Gasteiger partial charge on any atom is -0.361 e. The van der Waals surface area contributed by atoms with Gasteiger partial charge in [-0.1, -0.05) is 28.4 Å². The third-order valence-electron chi connectivity index (χ3n) is 2.98. The summed E-state index contributed by atoms with van der Waals surface area (Å²) in [4.78, 5) is 17.7. The highest BCUT2D eigenvalue weighted by Crippen LogP contribution is 2.21. The number of rotatable bonds is 3. The van der Waals surface area contributed by atoms with E-state index in [9.17, 15) is 4.79 Å². The average Bonchev–Trinajstić information content (AvgIpc) is 2.72. The van der Waals surface area contributed by atoms with Gasteiger partial charge in [-0.25, -0.2) is 4.98 Å². The number of aromatic nitrogens is 2. The maximum Gasteiger partial charge on any atom is 0.255 e. The number of carbonyl (C=O) groups is 1. The molecular formula is C13H13Cl2N3O2. The molecule has 7 heteroatoms. The van der Waals surface area contributed by atoms with Crippen LogP contribution in [0.1, 0.15) is 27.4 Å². The maximum absolute atomic E-state index is 12.4. The standard InChI is InChI=1S/C13H13Cl2N3O2/c1-7-10(8(2)20-17-7)6-18(3)13(19)9-4-12(15)16-5-11(9)14/h4-5H,6H2,1-3H3. The van der Waals surface area contributed by atoms with Gasteiger partial charge in [-0.3, -0.25) is 4.79 Å². The topological polar surface area (TPSA) is 59.2 Å². The van der Waals surface area contributed by atoms with Crippen LogP contribution in [0.4, 0.5) is 0 Å². The van der Waals surface area contributed by atoms with Gasteiger partial charge in [0.15, 0.2) is 0 Å². The molecule has 2 rings (SSSR count). The SMILES string of the molecule is Cc1noc(C)c1CN(C)C(=O)c1cc(Cl)ncc1Cl. The van der Waals surface area contributed by atoms with Gasteiger partial charge in [-0.2, -0.15) is 0 Å². The third-order valence-corrected chi connectivity index (χ3v) is 3.48. The predicted molar refractivity (Wildman–Crippen MR) is 76.0 cm³/mol. The third kappa shape index (κ3) is 2.94. The zero-order valence-electron chi connectivity index (χ0n) is 11.3. The highest BCUT2D eigenvalue weighted by Gasteiger charge is 2.19. The molecule has 0 aliphatic rings. The first-order valence-electron chi connectivity index (χ1n) is 5.88. The molecule has 0 bridgehead atoms. The Hall–Kier alpha value is -1.59. The summed E-state index contributed by atoms with van der Waals surface area (Å²) >= 11 is 11.8. The highest BCUT2D eigenvalue weighted by atomic mass is 35.5. The van der Waals surface area contributed by atoms with Gasteiger partial charge >= 0.3 is 0 Å². The van der Waals surface area contributed by atoms with Gasteiger partial charge in [0.05, 0.1) is 22.8 Å². The van der Waals surface area contributed by atoms with Gasteiger partial charge < -0.3 is 9.42 Å². The molecule has 0 aliphatic carbocycles. The van der Waals surface area contributed by atoms with Gasteiger partial charge in [0, 0.05) is 18.8 Å².